The molecule has 0 saturated carbocycles. The highest BCUT2D eigenvalue weighted by molar-refractivity contribution is 6.31. The molecule has 0 atom stereocenters. The van der Waals surface area contributed by atoms with Gasteiger partial charge in [0.05, 0.1) is 31.0 Å². The van der Waals surface area contributed by atoms with Crippen molar-refractivity contribution in [1.82, 2.24) is 25.1 Å². The monoisotopic (exact) mass is 791 g/mol. The number of ether oxygens (including phenoxy) is 1. The standard InChI is InChI=1S/C20H27N7O2.C8H6ClF3.C7H11NO.C2H6.CH3NO/c1-5-14-7-8-23-17(16(14)21-3)19(28)26-11-9-25(10-12-26)18-15(6-2)24-13-27(22-4)20(18)29;1-5-2-3-6(4-7(5)9)8(10,11)12;1-8-6-7-2-4-9-5-3-7;1-2;2-1-3/h5,7-8,21,24H,1,4,6,9-13H2,2-3H3;2-4H,1H3;2H,1,3-6H2;1-2H3;1H,(H2,2,3). The quantitative estimate of drug-likeness (QED) is 0.168. The van der Waals surface area contributed by atoms with Crippen LogP contribution in [0.25, 0.3) is 6.08 Å². The number of pyridine rings is 1. The fraction of sp³-hybridized carbons (Fsp3) is 0.421. The molecular weight excluding hydrogens is 739 g/mol. The molecule has 1 aromatic carbocycles. The van der Waals surface area contributed by atoms with E-state index in [0.29, 0.717) is 55.5 Å². The van der Waals surface area contributed by atoms with Crippen molar-refractivity contribution in [2.24, 2.45) is 15.8 Å². The molecule has 5 rings (SSSR count). The molecule has 17 heteroatoms. The molecule has 0 bridgehead atoms. The summed E-state index contributed by atoms with van der Waals surface area (Å²) in [5.74, 6) is -0.293. The second-order valence-electron chi connectivity index (χ2n) is 11.4. The number of primary amides is 1. The number of halogens is 4. The van der Waals surface area contributed by atoms with Gasteiger partial charge in [-0.05, 0) is 55.8 Å². The van der Waals surface area contributed by atoms with Crippen LogP contribution in [-0.2, 0) is 20.5 Å². The number of piperazine rings is 1. The molecular formula is C38H53ClF3N9O4. The van der Waals surface area contributed by atoms with Crippen LogP contribution in [0.3, 0.4) is 0 Å². The number of aromatic nitrogens is 1. The molecule has 3 aliphatic rings. The van der Waals surface area contributed by atoms with Crippen LogP contribution in [0.15, 0.2) is 70.2 Å². The lowest BCUT2D eigenvalue weighted by Crippen LogP contribution is -2.53. The first-order valence-corrected chi connectivity index (χ1v) is 17.9. The van der Waals surface area contributed by atoms with E-state index in [1.165, 1.54) is 16.6 Å². The molecule has 13 nitrogen and oxygen atoms in total. The number of nitrogens with zero attached hydrogens (tertiary/aromatic N) is 6. The number of hydrogen-bond acceptors (Lipinski definition) is 10. The SMILES string of the molecule is C=Cc1ccnc(C(=O)N2CCN(C3=C(CC)NCN(N=C)C3=O)CC2)c1NC.C=NCC1=CCOCC1.CC.Cc1ccc(C(F)(F)F)cc1Cl.NC=O. The Kier molecular flexibility index (Phi) is 21.7. The molecule has 1 fully saturated rings. The summed E-state index contributed by atoms with van der Waals surface area (Å²) in [5, 5.41) is 11.5. The number of benzene rings is 1. The number of aliphatic imine (C=N–C) groups is 1. The topological polar surface area (TPSA) is 158 Å². The summed E-state index contributed by atoms with van der Waals surface area (Å²) >= 11 is 5.52. The van der Waals surface area contributed by atoms with Gasteiger partial charge < -0.3 is 30.9 Å². The van der Waals surface area contributed by atoms with Gasteiger partial charge >= 0.3 is 6.18 Å². The number of carbonyl (C=O) groups excluding carboxylic acids is 3. The zero-order valence-corrected chi connectivity index (χ0v) is 33.0. The molecule has 55 heavy (non-hydrogen) atoms. The van der Waals surface area contributed by atoms with Gasteiger partial charge in [0.1, 0.15) is 12.4 Å². The second kappa shape index (κ2) is 25.0. The smallest absolute Gasteiger partial charge is 0.386 e. The number of carbonyl (C=O) groups is 3. The molecule has 0 aliphatic carbocycles. The molecule has 0 radical (unpaired) electrons. The molecule has 4 N–H and O–H groups in total. The number of anilines is 1. The van der Waals surface area contributed by atoms with Crippen LogP contribution >= 0.6 is 11.6 Å². The molecule has 2 aromatic rings. The van der Waals surface area contributed by atoms with Gasteiger partial charge in [0.2, 0.25) is 6.41 Å². The van der Waals surface area contributed by atoms with Crippen molar-refractivity contribution in [3.05, 3.63) is 87.5 Å². The summed E-state index contributed by atoms with van der Waals surface area (Å²) in [6.45, 7) is 23.2. The fourth-order valence-electron chi connectivity index (χ4n) is 5.29. The average molecular weight is 792 g/mol. The Morgan fingerprint density at radius 2 is 1.84 bits per heavy atom. The highest BCUT2D eigenvalue weighted by Gasteiger charge is 2.34. The minimum absolute atomic E-state index is 0.134. The van der Waals surface area contributed by atoms with Crippen LogP contribution in [-0.4, -0.2) is 111 Å². The van der Waals surface area contributed by atoms with Crippen LogP contribution in [0, 0.1) is 6.92 Å². The van der Waals surface area contributed by atoms with Crippen molar-refractivity contribution in [2.45, 2.75) is 46.7 Å². The van der Waals surface area contributed by atoms with E-state index in [1.807, 2.05) is 31.7 Å². The number of hydrogen-bond donors (Lipinski definition) is 3. The van der Waals surface area contributed by atoms with Crippen molar-refractivity contribution in [3.8, 4) is 0 Å². The first kappa shape index (κ1) is 47.8. The normalized spacial score (nSPS) is 15.0. The number of aryl methyl sites for hydroxylation is 1. The lowest BCUT2D eigenvalue weighted by Gasteiger charge is -2.40. The molecule has 1 saturated heterocycles. The number of nitrogens with one attached hydrogen (secondary N) is 2. The van der Waals surface area contributed by atoms with Crippen molar-refractivity contribution < 1.29 is 32.3 Å². The predicted octanol–water partition coefficient (Wildman–Crippen LogP) is 5.98. The predicted molar refractivity (Wildman–Crippen MR) is 214 cm³/mol. The van der Waals surface area contributed by atoms with Crippen LogP contribution in [0.1, 0.15) is 60.8 Å². The highest BCUT2D eigenvalue weighted by atomic mass is 35.5. The van der Waals surface area contributed by atoms with Crippen molar-refractivity contribution in [3.63, 3.8) is 0 Å². The average Bonchev–Trinajstić information content (AvgIpc) is 3.20. The molecule has 0 spiro atoms. The summed E-state index contributed by atoms with van der Waals surface area (Å²) in [6, 6.07) is 5.11. The Hall–Kier alpha value is -5.22. The molecule has 0 unspecified atom stereocenters. The lowest BCUT2D eigenvalue weighted by molar-refractivity contribution is -0.137. The molecule has 1 aromatic heterocycles. The minimum Gasteiger partial charge on any atom is -0.386 e. The van der Waals surface area contributed by atoms with Gasteiger partial charge in [-0.25, -0.2) is 9.99 Å². The third kappa shape index (κ3) is 14.5. The van der Waals surface area contributed by atoms with E-state index in [4.69, 9.17) is 21.1 Å². The number of amides is 3. The molecule has 3 aliphatic heterocycles. The fourth-order valence-corrected chi connectivity index (χ4v) is 5.47. The van der Waals surface area contributed by atoms with Crippen molar-refractivity contribution in [2.75, 3.05) is 65.0 Å². The number of rotatable bonds is 8. The van der Waals surface area contributed by atoms with Crippen LogP contribution in [0.5, 0.6) is 0 Å². The maximum atomic E-state index is 13.1. The first-order valence-electron chi connectivity index (χ1n) is 17.6. The van der Waals surface area contributed by atoms with Crippen molar-refractivity contribution in [1.29, 1.82) is 0 Å². The van der Waals surface area contributed by atoms with Crippen LogP contribution in [0.4, 0.5) is 18.9 Å². The van der Waals surface area contributed by atoms with Gasteiger partial charge in [0.25, 0.3) is 11.8 Å². The highest BCUT2D eigenvalue weighted by Crippen LogP contribution is 2.31. The number of hydrazone groups is 1. The van der Waals surface area contributed by atoms with Gasteiger partial charge in [-0.15, -0.1) is 0 Å². The van der Waals surface area contributed by atoms with Gasteiger partial charge in [-0.3, -0.25) is 19.4 Å². The zero-order valence-electron chi connectivity index (χ0n) is 32.2. The summed E-state index contributed by atoms with van der Waals surface area (Å²) in [6.07, 6.45) is 3.08. The summed E-state index contributed by atoms with van der Waals surface area (Å²) < 4.78 is 41.2. The first-order chi connectivity index (χ1) is 26.3. The maximum Gasteiger partial charge on any atom is 0.416 e. The maximum absolute atomic E-state index is 13.1. The Morgan fingerprint density at radius 1 is 1.18 bits per heavy atom. The summed E-state index contributed by atoms with van der Waals surface area (Å²) in [5.41, 5.74) is 8.85. The summed E-state index contributed by atoms with van der Waals surface area (Å²) in [7, 11) is 1.76. The number of allylic oxidation sites excluding steroid dienone is 1. The van der Waals surface area contributed by atoms with E-state index in [2.05, 4.69) is 57.5 Å². The lowest BCUT2D eigenvalue weighted by atomic mass is 10.1. The molecule has 302 valence electrons. The van der Waals surface area contributed by atoms with Gasteiger partial charge in [0, 0.05) is 62.4 Å². The number of alkyl halides is 3. The van der Waals surface area contributed by atoms with E-state index >= 15 is 0 Å². The van der Waals surface area contributed by atoms with Gasteiger partial charge in [-0.1, -0.05) is 57.2 Å². The Morgan fingerprint density at radius 3 is 2.33 bits per heavy atom. The zero-order chi connectivity index (χ0) is 41.6. The minimum atomic E-state index is -4.31. The van der Waals surface area contributed by atoms with Crippen molar-refractivity contribution >= 4 is 55.0 Å². The van der Waals surface area contributed by atoms with E-state index in [-0.39, 0.29) is 23.2 Å². The Bertz CT molecular complexity index is 1660. The summed E-state index contributed by atoms with van der Waals surface area (Å²) in [4.78, 5) is 46.3. The number of nitrogens with two attached hydrogens (primary N) is 1. The Balaban J connectivity index is 0.000000474. The van der Waals surface area contributed by atoms with Crippen LogP contribution in [0.2, 0.25) is 5.02 Å². The van der Waals surface area contributed by atoms with Crippen LogP contribution < -0.4 is 16.4 Å². The van der Waals surface area contributed by atoms with E-state index in [1.54, 1.807) is 31.1 Å². The Labute approximate surface area is 326 Å². The second-order valence-corrected chi connectivity index (χ2v) is 11.8. The van der Waals surface area contributed by atoms with E-state index < -0.39 is 11.7 Å². The molecule has 3 amide bonds. The largest absolute Gasteiger partial charge is 0.416 e. The third-order valence-corrected chi connectivity index (χ3v) is 8.51. The molecule has 4 heterocycles. The van der Waals surface area contributed by atoms with Gasteiger partial charge in [0.15, 0.2) is 5.69 Å². The third-order valence-electron chi connectivity index (χ3n) is 8.10. The van der Waals surface area contributed by atoms with E-state index in [0.717, 1.165) is 56.0 Å². The van der Waals surface area contributed by atoms with Gasteiger partial charge in [-0.2, -0.15) is 18.3 Å². The van der Waals surface area contributed by atoms with E-state index in [9.17, 15) is 22.8 Å².